The molecule has 0 aromatic heterocycles. The van der Waals surface area contributed by atoms with Crippen molar-refractivity contribution in [3.05, 3.63) is 65.7 Å². The molecule has 0 radical (unpaired) electrons. The lowest BCUT2D eigenvalue weighted by Crippen LogP contribution is -2.15. The Morgan fingerprint density at radius 1 is 0.882 bits per heavy atom. The second-order valence-corrected chi connectivity index (χ2v) is 4.85. The first-order chi connectivity index (χ1) is 8.14. The predicted octanol–water partition coefficient (Wildman–Crippen LogP) is 4.20. The number of benzene rings is 2. The van der Waals surface area contributed by atoms with E-state index in [2.05, 4.69) is 0 Å². The van der Waals surface area contributed by atoms with Gasteiger partial charge in [0.2, 0.25) is 0 Å². The van der Waals surface area contributed by atoms with Crippen LogP contribution in [0.1, 0.15) is 18.1 Å². The molecule has 88 valence electrons. The molecule has 0 N–H and O–H groups in total. The Balaban J connectivity index is 2.37. The number of halogens is 1. The highest BCUT2D eigenvalue weighted by molar-refractivity contribution is 6.25. The number of hydrogen-bond acceptors (Lipinski definition) is 1. The molecule has 1 nitrogen and oxygen atoms in total. The summed E-state index contributed by atoms with van der Waals surface area (Å²) in [6, 6.07) is 17.9. The number of alkyl halides is 1. The second kappa shape index (κ2) is 4.80. The molecule has 1 unspecified atom stereocenters. The van der Waals surface area contributed by atoms with E-state index in [4.69, 9.17) is 16.3 Å². The van der Waals surface area contributed by atoms with Crippen LogP contribution < -0.4 is 4.74 Å². The van der Waals surface area contributed by atoms with Crippen LogP contribution in [0.25, 0.3) is 0 Å². The minimum atomic E-state index is -0.506. The Labute approximate surface area is 107 Å². The van der Waals surface area contributed by atoms with E-state index in [1.165, 1.54) is 0 Å². The van der Waals surface area contributed by atoms with Gasteiger partial charge in [-0.05, 0) is 30.2 Å². The Bertz CT molecular complexity index is 474. The van der Waals surface area contributed by atoms with Crippen molar-refractivity contribution in [1.29, 1.82) is 0 Å². The van der Waals surface area contributed by atoms with Crippen molar-refractivity contribution in [2.24, 2.45) is 0 Å². The van der Waals surface area contributed by atoms with Gasteiger partial charge >= 0.3 is 0 Å². The molecule has 0 saturated heterocycles. The molecule has 17 heavy (non-hydrogen) atoms. The van der Waals surface area contributed by atoms with Gasteiger partial charge in [-0.2, -0.15) is 0 Å². The third kappa shape index (κ3) is 2.45. The minimum Gasteiger partial charge on any atom is -0.497 e. The zero-order valence-electron chi connectivity index (χ0n) is 9.98. The van der Waals surface area contributed by atoms with Crippen molar-refractivity contribution in [1.82, 2.24) is 0 Å². The number of ether oxygens (including phenoxy) is 1. The van der Waals surface area contributed by atoms with E-state index in [0.717, 1.165) is 16.9 Å². The summed E-state index contributed by atoms with van der Waals surface area (Å²) < 4.78 is 5.14. The number of methoxy groups -OCH3 is 1. The lowest BCUT2D eigenvalue weighted by molar-refractivity contribution is 0.414. The fourth-order valence-electron chi connectivity index (χ4n) is 1.82. The smallest absolute Gasteiger partial charge is 0.118 e. The Morgan fingerprint density at radius 3 is 1.94 bits per heavy atom. The van der Waals surface area contributed by atoms with Crippen molar-refractivity contribution in [2.75, 3.05) is 7.11 Å². The zero-order chi connectivity index (χ0) is 12.3. The SMILES string of the molecule is COc1ccc(C(C)(Cl)c2ccccc2)cc1. The summed E-state index contributed by atoms with van der Waals surface area (Å²) >= 11 is 6.64. The van der Waals surface area contributed by atoms with Crippen molar-refractivity contribution in [3.63, 3.8) is 0 Å². The molecular formula is C15H15ClO. The van der Waals surface area contributed by atoms with Crippen LogP contribution in [-0.2, 0) is 4.87 Å². The Hall–Kier alpha value is -1.47. The second-order valence-electron chi connectivity index (χ2n) is 4.10. The van der Waals surface area contributed by atoms with Crippen molar-refractivity contribution in [2.45, 2.75) is 11.8 Å². The molecule has 0 aliphatic heterocycles. The fraction of sp³-hybridized carbons (Fsp3) is 0.200. The standard InChI is InChI=1S/C15H15ClO/c1-15(16,12-6-4-3-5-7-12)13-8-10-14(17-2)11-9-13/h3-11H,1-2H3. The first-order valence-electron chi connectivity index (χ1n) is 5.53. The Morgan fingerprint density at radius 2 is 1.41 bits per heavy atom. The van der Waals surface area contributed by atoms with Gasteiger partial charge in [-0.25, -0.2) is 0 Å². The lowest BCUT2D eigenvalue weighted by atomic mass is 9.92. The van der Waals surface area contributed by atoms with Gasteiger partial charge in [-0.3, -0.25) is 0 Å². The van der Waals surface area contributed by atoms with Crippen molar-refractivity contribution < 1.29 is 4.74 Å². The van der Waals surface area contributed by atoms with Gasteiger partial charge in [0.05, 0.1) is 12.0 Å². The lowest BCUT2D eigenvalue weighted by Gasteiger charge is -2.23. The highest BCUT2D eigenvalue weighted by Gasteiger charge is 2.25. The van der Waals surface area contributed by atoms with E-state index in [1.54, 1.807) is 7.11 Å². The fourth-order valence-corrected chi connectivity index (χ4v) is 2.07. The molecule has 0 fully saturated rings. The molecule has 2 aromatic rings. The largest absolute Gasteiger partial charge is 0.497 e. The predicted molar refractivity (Wildman–Crippen MR) is 71.7 cm³/mol. The summed E-state index contributed by atoms with van der Waals surface area (Å²) in [6.45, 7) is 2.01. The maximum absolute atomic E-state index is 6.64. The molecule has 0 amide bonds. The molecule has 2 rings (SSSR count). The van der Waals surface area contributed by atoms with Gasteiger partial charge in [-0.1, -0.05) is 42.5 Å². The normalized spacial score (nSPS) is 14.1. The summed E-state index contributed by atoms with van der Waals surface area (Å²) in [7, 11) is 1.66. The van der Waals surface area contributed by atoms with Crippen molar-refractivity contribution in [3.8, 4) is 5.75 Å². The zero-order valence-corrected chi connectivity index (χ0v) is 10.7. The van der Waals surface area contributed by atoms with Crippen LogP contribution in [0, 0.1) is 0 Å². The molecule has 0 spiro atoms. The summed E-state index contributed by atoms with van der Waals surface area (Å²) in [5.74, 6) is 0.842. The molecular weight excluding hydrogens is 232 g/mol. The van der Waals surface area contributed by atoms with Gasteiger partial charge in [0, 0.05) is 0 Å². The van der Waals surface area contributed by atoms with Gasteiger partial charge in [0.1, 0.15) is 5.75 Å². The van der Waals surface area contributed by atoms with E-state index in [1.807, 2.05) is 61.5 Å². The summed E-state index contributed by atoms with van der Waals surface area (Å²) in [4.78, 5) is -0.506. The summed E-state index contributed by atoms with van der Waals surface area (Å²) in [6.07, 6.45) is 0. The topological polar surface area (TPSA) is 9.23 Å². The van der Waals surface area contributed by atoms with Gasteiger partial charge in [0.15, 0.2) is 0 Å². The van der Waals surface area contributed by atoms with Crippen LogP contribution in [0.3, 0.4) is 0 Å². The van der Waals surface area contributed by atoms with Crippen LogP contribution in [0.15, 0.2) is 54.6 Å². The molecule has 2 heteroatoms. The average molecular weight is 247 g/mol. The summed E-state index contributed by atoms with van der Waals surface area (Å²) in [5, 5.41) is 0. The van der Waals surface area contributed by atoms with Crippen LogP contribution in [0.2, 0.25) is 0 Å². The van der Waals surface area contributed by atoms with E-state index < -0.39 is 4.87 Å². The van der Waals surface area contributed by atoms with E-state index in [9.17, 15) is 0 Å². The van der Waals surface area contributed by atoms with Crippen LogP contribution in [-0.4, -0.2) is 7.11 Å². The maximum atomic E-state index is 6.64. The monoisotopic (exact) mass is 246 g/mol. The molecule has 1 atom stereocenters. The van der Waals surface area contributed by atoms with Gasteiger partial charge in [0.25, 0.3) is 0 Å². The van der Waals surface area contributed by atoms with Crippen LogP contribution >= 0.6 is 11.6 Å². The third-order valence-corrected chi connectivity index (χ3v) is 3.38. The molecule has 0 saturated carbocycles. The summed E-state index contributed by atoms with van der Waals surface area (Å²) in [5.41, 5.74) is 2.15. The highest BCUT2D eigenvalue weighted by atomic mass is 35.5. The quantitative estimate of drug-likeness (QED) is 0.738. The third-order valence-electron chi connectivity index (χ3n) is 2.95. The Kier molecular flexibility index (Phi) is 3.39. The molecule has 0 aliphatic rings. The minimum absolute atomic E-state index is 0.506. The van der Waals surface area contributed by atoms with E-state index in [-0.39, 0.29) is 0 Å². The number of rotatable bonds is 3. The van der Waals surface area contributed by atoms with E-state index in [0.29, 0.717) is 0 Å². The molecule has 0 aliphatic carbocycles. The van der Waals surface area contributed by atoms with E-state index >= 15 is 0 Å². The van der Waals surface area contributed by atoms with Gasteiger partial charge in [-0.15, -0.1) is 11.6 Å². The average Bonchev–Trinajstić information content (AvgIpc) is 2.40. The highest BCUT2D eigenvalue weighted by Crippen LogP contribution is 2.36. The molecule has 0 heterocycles. The van der Waals surface area contributed by atoms with Crippen molar-refractivity contribution >= 4 is 11.6 Å². The van der Waals surface area contributed by atoms with Gasteiger partial charge < -0.3 is 4.74 Å². The molecule has 0 bridgehead atoms. The first kappa shape index (κ1) is 12.0. The number of hydrogen-bond donors (Lipinski definition) is 0. The first-order valence-corrected chi connectivity index (χ1v) is 5.91. The van der Waals surface area contributed by atoms with Crippen LogP contribution in [0.5, 0.6) is 5.75 Å². The molecule has 2 aromatic carbocycles. The van der Waals surface area contributed by atoms with Crippen LogP contribution in [0.4, 0.5) is 0 Å². The maximum Gasteiger partial charge on any atom is 0.118 e.